The van der Waals surface area contributed by atoms with Gasteiger partial charge in [0.15, 0.2) is 0 Å². The van der Waals surface area contributed by atoms with Crippen LogP contribution in [0, 0.1) is 6.92 Å². The lowest BCUT2D eigenvalue weighted by atomic mass is 10.0. The van der Waals surface area contributed by atoms with Crippen LogP contribution in [-0.2, 0) is 4.74 Å². The molecule has 1 aromatic carbocycles. The molecule has 2 heteroatoms. The summed E-state index contributed by atoms with van der Waals surface area (Å²) in [5, 5.41) is 0. The van der Waals surface area contributed by atoms with Gasteiger partial charge in [0.2, 0.25) is 0 Å². The van der Waals surface area contributed by atoms with E-state index >= 15 is 0 Å². The monoisotopic (exact) mass is 346 g/mol. The molecule has 0 radical (unpaired) electrons. The third-order valence-electron chi connectivity index (χ3n) is 4.80. The molecule has 0 spiro atoms. The Morgan fingerprint density at radius 3 is 1.92 bits per heavy atom. The van der Waals surface area contributed by atoms with Gasteiger partial charge in [-0.1, -0.05) is 89.3 Å². The number of hydrogen-bond acceptors (Lipinski definition) is 2. The molecule has 0 saturated heterocycles. The average molecular weight is 347 g/mol. The number of esters is 1. The SMILES string of the molecule is CCCCCCCCCCCC(CCC)OC(=O)c1ccc(C)cc1. The normalized spacial score (nSPS) is 12.1. The van der Waals surface area contributed by atoms with E-state index in [1.807, 2.05) is 31.2 Å². The maximum absolute atomic E-state index is 12.3. The molecule has 0 amide bonds. The molecule has 0 bridgehead atoms. The zero-order valence-electron chi connectivity index (χ0n) is 16.7. The molecule has 1 aromatic rings. The van der Waals surface area contributed by atoms with Gasteiger partial charge in [-0.15, -0.1) is 0 Å². The largest absolute Gasteiger partial charge is 0.459 e. The van der Waals surface area contributed by atoms with Gasteiger partial charge >= 0.3 is 5.97 Å². The van der Waals surface area contributed by atoms with Gasteiger partial charge in [-0.2, -0.15) is 0 Å². The zero-order chi connectivity index (χ0) is 18.3. The third-order valence-corrected chi connectivity index (χ3v) is 4.80. The summed E-state index contributed by atoms with van der Waals surface area (Å²) in [5.74, 6) is -0.172. The van der Waals surface area contributed by atoms with Crippen molar-refractivity contribution in [3.05, 3.63) is 35.4 Å². The van der Waals surface area contributed by atoms with Crippen LogP contribution in [0.5, 0.6) is 0 Å². The first-order valence-corrected chi connectivity index (χ1v) is 10.4. The fourth-order valence-corrected chi connectivity index (χ4v) is 3.18. The molecule has 0 aliphatic carbocycles. The van der Waals surface area contributed by atoms with Crippen molar-refractivity contribution in [1.29, 1.82) is 0 Å². The molecule has 1 rings (SSSR count). The highest BCUT2D eigenvalue weighted by molar-refractivity contribution is 5.89. The molecule has 2 nitrogen and oxygen atoms in total. The van der Waals surface area contributed by atoms with E-state index in [4.69, 9.17) is 4.74 Å². The Hall–Kier alpha value is -1.31. The predicted molar refractivity (Wildman–Crippen MR) is 107 cm³/mol. The van der Waals surface area contributed by atoms with Crippen LogP contribution in [0.25, 0.3) is 0 Å². The first-order chi connectivity index (χ1) is 12.2. The summed E-state index contributed by atoms with van der Waals surface area (Å²) < 4.78 is 5.75. The Labute approximate surface area is 155 Å². The fraction of sp³-hybridized carbons (Fsp3) is 0.696. The molecule has 0 aliphatic rings. The molecule has 25 heavy (non-hydrogen) atoms. The highest BCUT2D eigenvalue weighted by Gasteiger charge is 2.15. The number of carbonyl (C=O) groups excluding carboxylic acids is 1. The van der Waals surface area contributed by atoms with Crippen LogP contribution in [0.4, 0.5) is 0 Å². The summed E-state index contributed by atoms with van der Waals surface area (Å²) in [7, 11) is 0. The quantitative estimate of drug-likeness (QED) is 0.262. The van der Waals surface area contributed by atoms with Crippen molar-refractivity contribution in [2.45, 2.75) is 104 Å². The molecule has 142 valence electrons. The van der Waals surface area contributed by atoms with Crippen molar-refractivity contribution in [3.63, 3.8) is 0 Å². The van der Waals surface area contributed by atoms with Crippen LogP contribution in [0.2, 0.25) is 0 Å². The molecular formula is C23H38O2. The predicted octanol–water partition coefficient (Wildman–Crippen LogP) is 7.24. The van der Waals surface area contributed by atoms with E-state index in [2.05, 4.69) is 13.8 Å². The molecule has 0 fully saturated rings. The van der Waals surface area contributed by atoms with Crippen molar-refractivity contribution in [1.82, 2.24) is 0 Å². The summed E-state index contributed by atoms with van der Waals surface area (Å²) in [6, 6.07) is 7.65. The lowest BCUT2D eigenvalue weighted by Crippen LogP contribution is -2.18. The average Bonchev–Trinajstić information content (AvgIpc) is 2.61. The Morgan fingerprint density at radius 1 is 0.800 bits per heavy atom. The Balaban J connectivity index is 2.21. The third kappa shape index (κ3) is 10.3. The van der Waals surface area contributed by atoms with Gasteiger partial charge < -0.3 is 4.74 Å². The number of ether oxygens (including phenoxy) is 1. The number of benzene rings is 1. The molecule has 0 aliphatic heterocycles. The highest BCUT2D eigenvalue weighted by Crippen LogP contribution is 2.17. The Morgan fingerprint density at radius 2 is 1.36 bits per heavy atom. The summed E-state index contributed by atoms with van der Waals surface area (Å²) in [6.07, 6.45) is 15.1. The minimum absolute atomic E-state index is 0.0726. The minimum atomic E-state index is -0.172. The second kappa shape index (κ2) is 13.9. The van der Waals surface area contributed by atoms with Gasteiger partial charge in [0.05, 0.1) is 5.56 Å². The molecular weight excluding hydrogens is 308 g/mol. The number of hydrogen-bond donors (Lipinski definition) is 0. The van der Waals surface area contributed by atoms with E-state index in [-0.39, 0.29) is 12.1 Å². The van der Waals surface area contributed by atoms with E-state index < -0.39 is 0 Å². The molecule has 0 aromatic heterocycles. The summed E-state index contributed by atoms with van der Waals surface area (Å²) in [4.78, 5) is 12.3. The number of unbranched alkanes of at least 4 members (excludes halogenated alkanes) is 8. The van der Waals surface area contributed by atoms with Crippen LogP contribution in [0.1, 0.15) is 107 Å². The topological polar surface area (TPSA) is 26.3 Å². The maximum Gasteiger partial charge on any atom is 0.338 e. The van der Waals surface area contributed by atoms with E-state index in [1.165, 1.54) is 57.8 Å². The van der Waals surface area contributed by atoms with Crippen LogP contribution in [0.3, 0.4) is 0 Å². The summed E-state index contributed by atoms with van der Waals surface area (Å²) >= 11 is 0. The highest BCUT2D eigenvalue weighted by atomic mass is 16.5. The van der Waals surface area contributed by atoms with Crippen LogP contribution >= 0.6 is 0 Å². The molecule has 0 N–H and O–H groups in total. The molecule has 0 heterocycles. The van der Waals surface area contributed by atoms with Gasteiger partial charge in [-0.05, 0) is 38.3 Å². The van der Waals surface area contributed by atoms with Gasteiger partial charge in [0, 0.05) is 0 Å². The van der Waals surface area contributed by atoms with E-state index in [9.17, 15) is 4.79 Å². The van der Waals surface area contributed by atoms with Crippen molar-refractivity contribution in [3.8, 4) is 0 Å². The zero-order valence-corrected chi connectivity index (χ0v) is 16.7. The van der Waals surface area contributed by atoms with Gasteiger partial charge in [-0.25, -0.2) is 4.79 Å². The second-order valence-electron chi connectivity index (χ2n) is 7.30. The number of carbonyl (C=O) groups is 1. The Bertz CT molecular complexity index is 450. The van der Waals surface area contributed by atoms with Crippen LogP contribution in [0.15, 0.2) is 24.3 Å². The summed E-state index contributed by atoms with van der Waals surface area (Å²) in [6.45, 7) is 6.44. The van der Waals surface area contributed by atoms with Gasteiger partial charge in [0.25, 0.3) is 0 Å². The maximum atomic E-state index is 12.3. The van der Waals surface area contributed by atoms with Crippen molar-refractivity contribution in [2.24, 2.45) is 0 Å². The first kappa shape index (κ1) is 21.7. The molecule has 1 unspecified atom stereocenters. The molecule has 0 saturated carbocycles. The van der Waals surface area contributed by atoms with E-state index in [1.54, 1.807) is 0 Å². The van der Waals surface area contributed by atoms with Gasteiger partial charge in [-0.3, -0.25) is 0 Å². The standard InChI is InChI=1S/C23H38O2/c1-4-6-7-8-9-10-11-12-13-15-22(14-5-2)25-23(24)21-18-16-20(3)17-19-21/h16-19,22H,4-15H2,1-3H3. The first-order valence-electron chi connectivity index (χ1n) is 10.4. The number of rotatable bonds is 14. The van der Waals surface area contributed by atoms with Crippen molar-refractivity contribution in [2.75, 3.05) is 0 Å². The second-order valence-corrected chi connectivity index (χ2v) is 7.30. The fourth-order valence-electron chi connectivity index (χ4n) is 3.18. The van der Waals surface area contributed by atoms with Crippen molar-refractivity contribution >= 4 is 5.97 Å². The van der Waals surface area contributed by atoms with E-state index in [0.717, 1.165) is 24.8 Å². The Kier molecular flexibility index (Phi) is 12.1. The number of aryl methyl sites for hydroxylation is 1. The lowest BCUT2D eigenvalue weighted by molar-refractivity contribution is 0.0253. The van der Waals surface area contributed by atoms with Crippen LogP contribution < -0.4 is 0 Å². The van der Waals surface area contributed by atoms with Gasteiger partial charge in [0.1, 0.15) is 6.10 Å². The smallest absolute Gasteiger partial charge is 0.338 e. The minimum Gasteiger partial charge on any atom is -0.459 e. The summed E-state index contributed by atoms with van der Waals surface area (Å²) in [5.41, 5.74) is 1.83. The van der Waals surface area contributed by atoms with E-state index in [0.29, 0.717) is 5.56 Å². The van der Waals surface area contributed by atoms with Crippen LogP contribution in [-0.4, -0.2) is 12.1 Å². The lowest BCUT2D eigenvalue weighted by Gasteiger charge is -2.17. The molecule has 1 atom stereocenters. The van der Waals surface area contributed by atoms with Crippen molar-refractivity contribution < 1.29 is 9.53 Å².